The van der Waals surface area contributed by atoms with Crippen LogP contribution in [0.15, 0.2) is 55.1 Å². The number of hydrogen-bond donors (Lipinski definition) is 1. The molecule has 3 heterocycles. The minimum atomic E-state index is 0.426. The number of benzene rings is 1. The first-order chi connectivity index (χ1) is 12.9. The summed E-state index contributed by atoms with van der Waals surface area (Å²) in [6, 6.07) is 12.3. The normalized spacial score (nSPS) is 17.9. The molecule has 1 fully saturated rings. The van der Waals surface area contributed by atoms with Crippen molar-refractivity contribution in [3.8, 4) is 5.75 Å². The van der Waals surface area contributed by atoms with Crippen LogP contribution in [0.5, 0.6) is 5.75 Å². The third-order valence-electron chi connectivity index (χ3n) is 4.81. The predicted octanol–water partition coefficient (Wildman–Crippen LogP) is 3.16. The summed E-state index contributed by atoms with van der Waals surface area (Å²) in [7, 11) is 0. The Labute approximate surface area is 153 Å². The highest BCUT2D eigenvalue weighted by atomic mass is 16.5. The van der Waals surface area contributed by atoms with Gasteiger partial charge in [-0.1, -0.05) is 24.3 Å². The molecule has 0 aliphatic carbocycles. The first-order valence-corrected chi connectivity index (χ1v) is 9.06. The Hall–Kier alpha value is -2.73. The predicted molar refractivity (Wildman–Crippen MR) is 98.6 cm³/mol. The quantitative estimate of drug-likeness (QED) is 0.740. The lowest BCUT2D eigenvalue weighted by atomic mass is 9.97. The molecule has 0 spiro atoms. The number of aromatic amines is 1. The standard InChI is InChI=1S/C20H23N5O/c1-2-8-19(26-14-16-5-3-9-21-11-16)17(6-1)12-25-10-4-7-18(13-25)20-22-15-23-24-20/h1-3,5-6,8-9,11,15,18H,4,7,10,12-14H2,(H,22,23,24). The van der Waals surface area contributed by atoms with Crippen molar-refractivity contribution in [2.24, 2.45) is 0 Å². The van der Waals surface area contributed by atoms with Crippen molar-refractivity contribution in [1.29, 1.82) is 0 Å². The molecular formula is C20H23N5O. The zero-order valence-corrected chi connectivity index (χ0v) is 14.7. The number of para-hydroxylation sites is 1. The minimum absolute atomic E-state index is 0.426. The number of piperidine rings is 1. The van der Waals surface area contributed by atoms with E-state index in [1.165, 1.54) is 12.0 Å². The molecule has 1 atom stereocenters. The molecule has 0 saturated carbocycles. The molecule has 26 heavy (non-hydrogen) atoms. The van der Waals surface area contributed by atoms with Crippen molar-refractivity contribution >= 4 is 0 Å². The Bertz CT molecular complexity index is 806. The van der Waals surface area contributed by atoms with Gasteiger partial charge in [0.2, 0.25) is 0 Å². The molecule has 3 aromatic rings. The minimum Gasteiger partial charge on any atom is -0.489 e. The SMILES string of the molecule is c1cncc(COc2ccccc2CN2CCCC(c3ncn[nH]3)C2)c1. The molecule has 6 nitrogen and oxygen atoms in total. The molecule has 1 aliphatic heterocycles. The summed E-state index contributed by atoms with van der Waals surface area (Å²) in [4.78, 5) is 11.0. The van der Waals surface area contributed by atoms with E-state index in [1.54, 1.807) is 12.5 Å². The van der Waals surface area contributed by atoms with Gasteiger partial charge in [-0.3, -0.25) is 15.0 Å². The van der Waals surface area contributed by atoms with Gasteiger partial charge in [-0.05, 0) is 31.5 Å². The van der Waals surface area contributed by atoms with Crippen LogP contribution in [0.25, 0.3) is 0 Å². The molecule has 1 aromatic carbocycles. The molecule has 2 aromatic heterocycles. The molecule has 6 heteroatoms. The fourth-order valence-corrected chi connectivity index (χ4v) is 3.49. The summed E-state index contributed by atoms with van der Waals surface area (Å²) in [5.74, 6) is 2.36. The summed E-state index contributed by atoms with van der Waals surface area (Å²) in [6.07, 6.45) is 7.54. The van der Waals surface area contributed by atoms with Crippen LogP contribution in [0.1, 0.15) is 35.7 Å². The Morgan fingerprint density at radius 2 is 2.15 bits per heavy atom. The van der Waals surface area contributed by atoms with E-state index in [2.05, 4.69) is 37.2 Å². The van der Waals surface area contributed by atoms with E-state index in [9.17, 15) is 0 Å². The number of rotatable bonds is 6. The van der Waals surface area contributed by atoms with E-state index in [0.29, 0.717) is 12.5 Å². The summed E-state index contributed by atoms with van der Waals surface area (Å²) in [5, 5.41) is 7.02. The molecule has 0 bridgehead atoms. The second-order valence-electron chi connectivity index (χ2n) is 6.70. The van der Waals surface area contributed by atoms with Crippen molar-refractivity contribution in [1.82, 2.24) is 25.1 Å². The molecule has 0 amide bonds. The number of aromatic nitrogens is 4. The zero-order chi connectivity index (χ0) is 17.6. The van der Waals surface area contributed by atoms with Crippen LogP contribution >= 0.6 is 0 Å². The van der Waals surface area contributed by atoms with Crippen LogP contribution in [0, 0.1) is 0 Å². The molecule has 1 aliphatic rings. The Balaban J connectivity index is 1.41. The van der Waals surface area contributed by atoms with Gasteiger partial charge in [0.25, 0.3) is 0 Å². The van der Waals surface area contributed by atoms with Crippen LogP contribution < -0.4 is 4.74 Å². The number of nitrogens with one attached hydrogen (secondary N) is 1. The lowest BCUT2D eigenvalue weighted by Gasteiger charge is -2.32. The average Bonchev–Trinajstić information content (AvgIpc) is 3.23. The topological polar surface area (TPSA) is 66.9 Å². The number of ether oxygens (including phenoxy) is 1. The molecule has 134 valence electrons. The van der Waals surface area contributed by atoms with Crippen LogP contribution in [0.3, 0.4) is 0 Å². The van der Waals surface area contributed by atoms with Crippen LogP contribution in [-0.4, -0.2) is 38.2 Å². The lowest BCUT2D eigenvalue weighted by Crippen LogP contribution is -2.34. The van der Waals surface area contributed by atoms with E-state index in [4.69, 9.17) is 4.74 Å². The fraction of sp³-hybridized carbons (Fsp3) is 0.350. The van der Waals surface area contributed by atoms with Crippen LogP contribution in [0.4, 0.5) is 0 Å². The van der Waals surface area contributed by atoms with Gasteiger partial charge in [-0.2, -0.15) is 5.10 Å². The zero-order valence-electron chi connectivity index (χ0n) is 14.7. The highest BCUT2D eigenvalue weighted by Crippen LogP contribution is 2.27. The third kappa shape index (κ3) is 4.08. The van der Waals surface area contributed by atoms with Gasteiger partial charge in [0.15, 0.2) is 0 Å². The molecule has 1 N–H and O–H groups in total. The summed E-state index contributed by atoms with van der Waals surface area (Å²) in [5.41, 5.74) is 2.29. The van der Waals surface area contributed by atoms with Crippen molar-refractivity contribution in [3.63, 3.8) is 0 Å². The molecule has 1 unspecified atom stereocenters. The van der Waals surface area contributed by atoms with Gasteiger partial charge < -0.3 is 4.74 Å². The van der Waals surface area contributed by atoms with Gasteiger partial charge in [0, 0.05) is 42.5 Å². The average molecular weight is 349 g/mol. The second-order valence-corrected chi connectivity index (χ2v) is 6.70. The Morgan fingerprint density at radius 1 is 1.19 bits per heavy atom. The number of pyridine rings is 1. The number of likely N-dealkylation sites (tertiary alicyclic amines) is 1. The number of H-pyrrole nitrogens is 1. The van der Waals surface area contributed by atoms with E-state index >= 15 is 0 Å². The van der Waals surface area contributed by atoms with Crippen molar-refractivity contribution < 1.29 is 4.74 Å². The number of hydrogen-bond acceptors (Lipinski definition) is 5. The summed E-state index contributed by atoms with van der Waals surface area (Å²) in [6.45, 7) is 3.51. The van der Waals surface area contributed by atoms with E-state index in [0.717, 1.165) is 43.2 Å². The Morgan fingerprint density at radius 3 is 3.00 bits per heavy atom. The molecule has 4 rings (SSSR count). The highest BCUT2D eigenvalue weighted by molar-refractivity contribution is 5.33. The van der Waals surface area contributed by atoms with E-state index < -0.39 is 0 Å². The van der Waals surface area contributed by atoms with Crippen molar-refractivity contribution in [2.75, 3.05) is 13.1 Å². The monoisotopic (exact) mass is 349 g/mol. The maximum Gasteiger partial charge on any atom is 0.137 e. The van der Waals surface area contributed by atoms with E-state index in [1.807, 2.05) is 30.5 Å². The maximum atomic E-state index is 6.07. The van der Waals surface area contributed by atoms with Crippen LogP contribution in [-0.2, 0) is 13.2 Å². The fourth-order valence-electron chi connectivity index (χ4n) is 3.49. The second kappa shape index (κ2) is 8.10. The van der Waals surface area contributed by atoms with Crippen molar-refractivity contribution in [2.45, 2.75) is 31.9 Å². The van der Waals surface area contributed by atoms with Gasteiger partial charge in [-0.25, -0.2) is 4.98 Å². The summed E-state index contributed by atoms with van der Waals surface area (Å²) < 4.78 is 6.07. The summed E-state index contributed by atoms with van der Waals surface area (Å²) >= 11 is 0. The first kappa shape index (κ1) is 16.7. The molecule has 0 radical (unpaired) electrons. The van der Waals surface area contributed by atoms with Gasteiger partial charge >= 0.3 is 0 Å². The van der Waals surface area contributed by atoms with E-state index in [-0.39, 0.29) is 0 Å². The smallest absolute Gasteiger partial charge is 0.137 e. The van der Waals surface area contributed by atoms with Gasteiger partial charge in [0.1, 0.15) is 24.5 Å². The lowest BCUT2D eigenvalue weighted by molar-refractivity contribution is 0.193. The van der Waals surface area contributed by atoms with Crippen molar-refractivity contribution in [3.05, 3.63) is 72.1 Å². The third-order valence-corrected chi connectivity index (χ3v) is 4.81. The first-order valence-electron chi connectivity index (χ1n) is 9.06. The highest BCUT2D eigenvalue weighted by Gasteiger charge is 2.23. The Kier molecular flexibility index (Phi) is 5.21. The molecular weight excluding hydrogens is 326 g/mol. The van der Waals surface area contributed by atoms with Crippen LogP contribution in [0.2, 0.25) is 0 Å². The maximum absolute atomic E-state index is 6.07. The van der Waals surface area contributed by atoms with Gasteiger partial charge in [0.05, 0.1) is 0 Å². The largest absolute Gasteiger partial charge is 0.489 e. The number of nitrogens with zero attached hydrogens (tertiary/aromatic N) is 4. The molecule has 1 saturated heterocycles. The van der Waals surface area contributed by atoms with Gasteiger partial charge in [-0.15, -0.1) is 0 Å².